The molecule has 1 aliphatic heterocycles. The van der Waals surface area contributed by atoms with Crippen LogP contribution in [0.4, 0.5) is 0 Å². The van der Waals surface area contributed by atoms with Crippen LogP contribution in [0.25, 0.3) is 21.9 Å². The Labute approximate surface area is 172 Å². The van der Waals surface area contributed by atoms with Gasteiger partial charge in [-0.1, -0.05) is 72.4 Å². The van der Waals surface area contributed by atoms with E-state index in [4.69, 9.17) is 4.42 Å². The molecule has 3 heteroatoms. The zero-order chi connectivity index (χ0) is 19.6. The van der Waals surface area contributed by atoms with Crippen molar-refractivity contribution in [3.8, 4) is 0 Å². The average molecular weight is 394 g/mol. The van der Waals surface area contributed by atoms with Gasteiger partial charge in [-0.2, -0.15) is 0 Å². The molecule has 0 aliphatic carbocycles. The van der Waals surface area contributed by atoms with E-state index in [0.29, 0.717) is 21.9 Å². The molecule has 5 aromatic rings. The SMILES string of the molecule is O=c1c2ccccc2oc2ccccc12.c1ccc2c(c1)Cc1ccccc1S2. The summed E-state index contributed by atoms with van der Waals surface area (Å²) in [7, 11) is 0. The fourth-order valence-electron chi connectivity index (χ4n) is 3.57. The number of rotatable bonds is 0. The maximum Gasteiger partial charge on any atom is 0.200 e. The van der Waals surface area contributed by atoms with Crippen LogP contribution in [0.15, 0.2) is 116 Å². The number of hydrogen-bond acceptors (Lipinski definition) is 3. The van der Waals surface area contributed by atoms with Gasteiger partial charge in [0, 0.05) is 9.79 Å². The molecule has 4 aromatic carbocycles. The Morgan fingerprint density at radius 2 is 1.03 bits per heavy atom. The third kappa shape index (κ3) is 3.45. The number of benzene rings is 4. The molecule has 0 bridgehead atoms. The third-order valence-electron chi connectivity index (χ3n) is 5.03. The summed E-state index contributed by atoms with van der Waals surface area (Å²) in [4.78, 5) is 14.8. The zero-order valence-electron chi connectivity index (χ0n) is 15.7. The van der Waals surface area contributed by atoms with Gasteiger partial charge >= 0.3 is 0 Å². The van der Waals surface area contributed by atoms with Crippen molar-refractivity contribution < 1.29 is 4.42 Å². The fourth-order valence-corrected chi connectivity index (χ4v) is 4.65. The predicted molar refractivity (Wildman–Crippen MR) is 120 cm³/mol. The molecule has 1 aliphatic rings. The lowest BCUT2D eigenvalue weighted by molar-refractivity contribution is 0.660. The van der Waals surface area contributed by atoms with Gasteiger partial charge in [-0.05, 0) is 53.9 Å². The van der Waals surface area contributed by atoms with Crippen LogP contribution >= 0.6 is 11.8 Å². The summed E-state index contributed by atoms with van der Waals surface area (Å²) in [6, 6.07) is 31.9. The standard InChI is InChI=1S/C13H8O2.C13H10S/c14-13-9-5-1-3-7-11(9)15-12-8-4-2-6-10(12)13;1-3-7-12-10(5-1)9-11-6-2-4-8-13(11)14-12/h1-8H;1-8H,9H2. The highest BCUT2D eigenvalue weighted by atomic mass is 32.2. The van der Waals surface area contributed by atoms with Gasteiger partial charge in [-0.3, -0.25) is 4.79 Å². The molecule has 0 saturated carbocycles. The molecule has 0 N–H and O–H groups in total. The second kappa shape index (κ2) is 7.61. The van der Waals surface area contributed by atoms with Gasteiger partial charge in [0.05, 0.1) is 10.8 Å². The summed E-state index contributed by atoms with van der Waals surface area (Å²) in [5.41, 5.74) is 4.22. The molecule has 2 heterocycles. The minimum atomic E-state index is 0.0347. The summed E-state index contributed by atoms with van der Waals surface area (Å²) in [6.45, 7) is 0. The van der Waals surface area contributed by atoms with E-state index < -0.39 is 0 Å². The minimum absolute atomic E-state index is 0.0347. The Morgan fingerprint density at radius 3 is 1.59 bits per heavy atom. The molecule has 0 unspecified atom stereocenters. The van der Waals surface area contributed by atoms with Gasteiger partial charge in [0.15, 0.2) is 0 Å². The molecule has 0 spiro atoms. The predicted octanol–water partition coefficient (Wildman–Crippen LogP) is 6.69. The van der Waals surface area contributed by atoms with Crippen molar-refractivity contribution in [2.45, 2.75) is 16.2 Å². The maximum absolute atomic E-state index is 12.0. The minimum Gasteiger partial charge on any atom is -0.456 e. The zero-order valence-corrected chi connectivity index (χ0v) is 16.5. The smallest absolute Gasteiger partial charge is 0.200 e. The molecule has 0 saturated heterocycles. The molecular weight excluding hydrogens is 376 g/mol. The van der Waals surface area contributed by atoms with Gasteiger partial charge in [0.1, 0.15) is 11.2 Å². The van der Waals surface area contributed by atoms with E-state index in [1.54, 1.807) is 12.1 Å². The molecule has 6 rings (SSSR count). The van der Waals surface area contributed by atoms with Crippen LogP contribution in [-0.2, 0) is 6.42 Å². The molecule has 0 amide bonds. The monoisotopic (exact) mass is 394 g/mol. The Hall–Kier alpha value is -3.30. The number of fused-ring (bicyclic) bond motifs is 4. The highest BCUT2D eigenvalue weighted by Crippen LogP contribution is 2.38. The van der Waals surface area contributed by atoms with E-state index in [-0.39, 0.29) is 5.43 Å². The van der Waals surface area contributed by atoms with Crippen LogP contribution in [0.2, 0.25) is 0 Å². The molecule has 0 radical (unpaired) electrons. The number of hydrogen-bond donors (Lipinski definition) is 0. The van der Waals surface area contributed by atoms with Crippen LogP contribution in [0.5, 0.6) is 0 Å². The van der Waals surface area contributed by atoms with Crippen LogP contribution in [0.1, 0.15) is 11.1 Å². The Morgan fingerprint density at radius 1 is 0.586 bits per heavy atom. The average Bonchev–Trinajstić information content (AvgIpc) is 2.78. The molecule has 140 valence electrons. The lowest BCUT2D eigenvalue weighted by atomic mass is 10.0. The first-order valence-corrected chi connectivity index (χ1v) is 10.4. The van der Waals surface area contributed by atoms with Gasteiger partial charge in [0.2, 0.25) is 5.43 Å². The fraction of sp³-hybridized carbons (Fsp3) is 0.0385. The van der Waals surface area contributed by atoms with E-state index in [2.05, 4.69) is 48.5 Å². The summed E-state index contributed by atoms with van der Waals surface area (Å²) < 4.78 is 5.63. The molecule has 0 fully saturated rings. The van der Waals surface area contributed by atoms with E-state index in [9.17, 15) is 4.79 Å². The second-order valence-corrected chi connectivity index (χ2v) is 8.00. The second-order valence-electron chi connectivity index (χ2n) is 6.92. The van der Waals surface area contributed by atoms with E-state index in [1.807, 2.05) is 48.2 Å². The first-order valence-electron chi connectivity index (χ1n) is 9.54. The van der Waals surface area contributed by atoms with Crippen LogP contribution in [-0.4, -0.2) is 0 Å². The van der Waals surface area contributed by atoms with Crippen LogP contribution in [0.3, 0.4) is 0 Å². The molecule has 1 aromatic heterocycles. The molecule has 0 atom stereocenters. The maximum atomic E-state index is 12.0. The van der Waals surface area contributed by atoms with Crippen molar-refractivity contribution in [1.82, 2.24) is 0 Å². The van der Waals surface area contributed by atoms with Crippen molar-refractivity contribution in [2.75, 3.05) is 0 Å². The van der Waals surface area contributed by atoms with Gasteiger partial charge < -0.3 is 4.42 Å². The van der Waals surface area contributed by atoms with Gasteiger partial charge in [-0.15, -0.1) is 0 Å². The molecular formula is C26H18O2S. The van der Waals surface area contributed by atoms with Crippen LogP contribution in [0, 0.1) is 0 Å². The van der Waals surface area contributed by atoms with Crippen molar-refractivity contribution in [2.24, 2.45) is 0 Å². The molecule has 2 nitrogen and oxygen atoms in total. The highest BCUT2D eigenvalue weighted by molar-refractivity contribution is 7.99. The van der Waals surface area contributed by atoms with Crippen molar-refractivity contribution in [1.29, 1.82) is 0 Å². The highest BCUT2D eigenvalue weighted by Gasteiger charge is 2.14. The van der Waals surface area contributed by atoms with E-state index >= 15 is 0 Å². The summed E-state index contributed by atoms with van der Waals surface area (Å²) in [5.74, 6) is 0. The van der Waals surface area contributed by atoms with Crippen molar-refractivity contribution >= 4 is 33.7 Å². The summed E-state index contributed by atoms with van der Waals surface area (Å²) in [5, 5.41) is 1.27. The lowest BCUT2D eigenvalue weighted by Crippen LogP contribution is -2.01. The first-order chi connectivity index (χ1) is 14.3. The Kier molecular flexibility index (Phi) is 4.66. The van der Waals surface area contributed by atoms with E-state index in [0.717, 1.165) is 6.42 Å². The normalized spacial score (nSPS) is 12.0. The van der Waals surface area contributed by atoms with Crippen molar-refractivity contribution in [3.05, 3.63) is 118 Å². The summed E-state index contributed by atoms with van der Waals surface area (Å²) in [6.07, 6.45) is 1.08. The Bertz CT molecular complexity index is 1240. The van der Waals surface area contributed by atoms with Gasteiger partial charge in [-0.25, -0.2) is 0 Å². The lowest BCUT2D eigenvalue weighted by Gasteiger charge is -2.17. The Balaban J connectivity index is 0.000000125. The number of para-hydroxylation sites is 2. The van der Waals surface area contributed by atoms with Gasteiger partial charge in [0.25, 0.3) is 0 Å². The summed E-state index contributed by atoms with van der Waals surface area (Å²) >= 11 is 1.88. The third-order valence-corrected chi connectivity index (χ3v) is 6.27. The van der Waals surface area contributed by atoms with Crippen LogP contribution < -0.4 is 5.43 Å². The quantitative estimate of drug-likeness (QED) is 0.269. The van der Waals surface area contributed by atoms with E-state index in [1.165, 1.54) is 20.9 Å². The first kappa shape index (κ1) is 17.8. The van der Waals surface area contributed by atoms with Crippen molar-refractivity contribution in [3.63, 3.8) is 0 Å². The largest absolute Gasteiger partial charge is 0.456 e. The molecule has 29 heavy (non-hydrogen) atoms. The topological polar surface area (TPSA) is 30.2 Å².